The van der Waals surface area contributed by atoms with Gasteiger partial charge in [-0.3, -0.25) is 0 Å². The number of hydrogen-bond donors (Lipinski definition) is 2. The van der Waals surface area contributed by atoms with Crippen LogP contribution in [-0.4, -0.2) is 23.1 Å². The van der Waals surface area contributed by atoms with Crippen molar-refractivity contribution >= 4 is 5.82 Å². The van der Waals surface area contributed by atoms with Crippen LogP contribution in [0.15, 0.2) is 0 Å². The number of nitrogens with one attached hydrogen (secondary N) is 2. The van der Waals surface area contributed by atoms with E-state index in [1.54, 1.807) is 0 Å². The quantitative estimate of drug-likeness (QED) is 0.729. The van der Waals surface area contributed by atoms with Crippen LogP contribution in [0.4, 0.5) is 5.82 Å². The molecule has 0 saturated heterocycles. The summed E-state index contributed by atoms with van der Waals surface area (Å²) in [5, 5.41) is 15.3. The fraction of sp³-hybridized carbons (Fsp3) is 0.500. The summed E-state index contributed by atoms with van der Waals surface area (Å²) in [4.78, 5) is 8.39. The fourth-order valence-electron chi connectivity index (χ4n) is 1.71. The molecule has 2 N–H and O–H groups in total. The van der Waals surface area contributed by atoms with Crippen LogP contribution in [0.1, 0.15) is 24.0 Å². The Labute approximate surface area is 88.5 Å². The van der Waals surface area contributed by atoms with Crippen LogP contribution in [0.5, 0.6) is 0 Å². The summed E-state index contributed by atoms with van der Waals surface area (Å²) >= 11 is 0. The van der Waals surface area contributed by atoms with Gasteiger partial charge in [-0.15, -0.1) is 0 Å². The highest BCUT2D eigenvalue weighted by Crippen LogP contribution is 2.19. The van der Waals surface area contributed by atoms with E-state index < -0.39 is 0 Å². The first kappa shape index (κ1) is 9.87. The largest absolute Gasteiger partial charge is 0.370 e. The zero-order valence-corrected chi connectivity index (χ0v) is 8.67. The highest BCUT2D eigenvalue weighted by atomic mass is 15.0. The molecule has 0 amide bonds. The van der Waals surface area contributed by atoms with Gasteiger partial charge in [-0.05, 0) is 6.92 Å². The average Bonchev–Trinajstić information content (AvgIpc) is 2.29. The molecule has 0 fully saturated rings. The maximum Gasteiger partial charge on any atom is 0.234 e. The van der Waals surface area contributed by atoms with E-state index in [4.69, 9.17) is 5.26 Å². The van der Waals surface area contributed by atoms with Crippen LogP contribution in [-0.2, 0) is 13.0 Å². The van der Waals surface area contributed by atoms with Crippen molar-refractivity contribution in [2.75, 3.05) is 18.4 Å². The lowest BCUT2D eigenvalue weighted by molar-refractivity contribution is 0.626. The van der Waals surface area contributed by atoms with Gasteiger partial charge in [0.15, 0.2) is 0 Å². The molecule has 15 heavy (non-hydrogen) atoms. The normalized spacial score (nSPS) is 14.1. The molecule has 0 aromatic carbocycles. The maximum absolute atomic E-state index is 8.81. The van der Waals surface area contributed by atoms with Crippen molar-refractivity contribution in [2.24, 2.45) is 0 Å². The molecule has 0 bridgehead atoms. The van der Waals surface area contributed by atoms with Gasteiger partial charge in [-0.1, -0.05) is 0 Å². The van der Waals surface area contributed by atoms with Crippen LogP contribution < -0.4 is 10.6 Å². The van der Waals surface area contributed by atoms with Crippen molar-refractivity contribution in [1.82, 2.24) is 15.3 Å². The summed E-state index contributed by atoms with van der Waals surface area (Å²) in [5.74, 6) is 1.05. The molecule has 0 atom stereocenters. The first-order valence-corrected chi connectivity index (χ1v) is 5.09. The van der Waals surface area contributed by atoms with Gasteiger partial charge < -0.3 is 10.6 Å². The minimum absolute atomic E-state index is 0.256. The molecule has 0 radical (unpaired) electrons. The maximum atomic E-state index is 8.81. The fourth-order valence-corrected chi connectivity index (χ4v) is 1.71. The molecule has 1 aromatic heterocycles. The van der Waals surface area contributed by atoms with E-state index >= 15 is 0 Å². The van der Waals surface area contributed by atoms with Crippen molar-refractivity contribution in [1.29, 1.82) is 5.26 Å². The lowest BCUT2D eigenvalue weighted by Crippen LogP contribution is -2.26. The number of rotatable bonds is 2. The number of fused-ring (bicyclic) bond motifs is 1. The standard InChI is InChI=1S/C10H13N5/c1-2-13-10-7-6-12-4-3-8(7)14-9(5-11)15-10/h12H,2-4,6H2,1H3,(H,13,14,15). The number of nitrogens with zero attached hydrogens (tertiary/aromatic N) is 3. The zero-order valence-electron chi connectivity index (χ0n) is 8.67. The molecule has 78 valence electrons. The van der Waals surface area contributed by atoms with Crippen molar-refractivity contribution < 1.29 is 0 Å². The van der Waals surface area contributed by atoms with E-state index in [0.717, 1.165) is 43.1 Å². The Morgan fingerprint density at radius 1 is 1.53 bits per heavy atom. The van der Waals surface area contributed by atoms with Crippen molar-refractivity contribution in [3.05, 3.63) is 17.1 Å². The topological polar surface area (TPSA) is 73.6 Å². The monoisotopic (exact) mass is 203 g/mol. The highest BCUT2D eigenvalue weighted by molar-refractivity contribution is 5.48. The molecule has 1 aliphatic heterocycles. The number of anilines is 1. The van der Waals surface area contributed by atoms with E-state index in [2.05, 4.69) is 20.6 Å². The summed E-state index contributed by atoms with van der Waals surface area (Å²) in [6.07, 6.45) is 0.866. The number of aromatic nitrogens is 2. The van der Waals surface area contributed by atoms with Gasteiger partial charge in [0.1, 0.15) is 11.9 Å². The molecule has 0 unspecified atom stereocenters. The second-order valence-corrected chi connectivity index (χ2v) is 3.39. The van der Waals surface area contributed by atoms with E-state index in [-0.39, 0.29) is 5.82 Å². The molecule has 0 saturated carbocycles. The first-order valence-electron chi connectivity index (χ1n) is 5.09. The van der Waals surface area contributed by atoms with Crippen LogP contribution in [0.25, 0.3) is 0 Å². The Kier molecular flexibility index (Phi) is 2.79. The Morgan fingerprint density at radius 3 is 3.13 bits per heavy atom. The molecule has 1 aromatic rings. The van der Waals surface area contributed by atoms with Gasteiger partial charge in [0.25, 0.3) is 0 Å². The summed E-state index contributed by atoms with van der Waals surface area (Å²) < 4.78 is 0. The van der Waals surface area contributed by atoms with Crippen molar-refractivity contribution in [2.45, 2.75) is 19.9 Å². The summed E-state index contributed by atoms with van der Waals surface area (Å²) in [5.41, 5.74) is 2.10. The number of hydrogen-bond acceptors (Lipinski definition) is 5. The van der Waals surface area contributed by atoms with Crippen LogP contribution >= 0.6 is 0 Å². The Hall–Kier alpha value is -1.67. The molecule has 2 rings (SSSR count). The summed E-state index contributed by atoms with van der Waals surface area (Å²) in [7, 11) is 0. The third-order valence-electron chi connectivity index (χ3n) is 2.38. The molecular formula is C10H13N5. The van der Waals surface area contributed by atoms with Gasteiger partial charge in [-0.2, -0.15) is 5.26 Å². The molecule has 2 heterocycles. The highest BCUT2D eigenvalue weighted by Gasteiger charge is 2.16. The first-order chi connectivity index (χ1) is 7.35. The summed E-state index contributed by atoms with van der Waals surface area (Å²) in [6.45, 7) is 4.51. The Morgan fingerprint density at radius 2 is 2.40 bits per heavy atom. The molecule has 5 heteroatoms. The lowest BCUT2D eigenvalue weighted by Gasteiger charge is -2.19. The third-order valence-corrected chi connectivity index (χ3v) is 2.38. The van der Waals surface area contributed by atoms with E-state index in [1.807, 2.05) is 13.0 Å². The molecule has 0 aliphatic carbocycles. The van der Waals surface area contributed by atoms with Crippen LogP contribution in [0.2, 0.25) is 0 Å². The number of nitriles is 1. The van der Waals surface area contributed by atoms with Gasteiger partial charge in [0.2, 0.25) is 5.82 Å². The van der Waals surface area contributed by atoms with Crippen LogP contribution in [0.3, 0.4) is 0 Å². The third kappa shape index (κ3) is 1.90. The average molecular weight is 203 g/mol. The predicted molar refractivity (Wildman–Crippen MR) is 56.3 cm³/mol. The minimum atomic E-state index is 0.256. The molecular weight excluding hydrogens is 190 g/mol. The van der Waals surface area contributed by atoms with E-state index in [0.29, 0.717) is 0 Å². The van der Waals surface area contributed by atoms with Gasteiger partial charge >= 0.3 is 0 Å². The smallest absolute Gasteiger partial charge is 0.234 e. The molecule has 1 aliphatic rings. The predicted octanol–water partition coefficient (Wildman–Crippen LogP) is 0.426. The zero-order chi connectivity index (χ0) is 10.7. The second-order valence-electron chi connectivity index (χ2n) is 3.39. The summed E-state index contributed by atoms with van der Waals surface area (Å²) in [6, 6.07) is 1.99. The van der Waals surface area contributed by atoms with Crippen molar-refractivity contribution in [3.63, 3.8) is 0 Å². The van der Waals surface area contributed by atoms with Gasteiger partial charge in [0.05, 0.1) is 5.69 Å². The lowest BCUT2D eigenvalue weighted by atomic mass is 10.1. The van der Waals surface area contributed by atoms with Gasteiger partial charge in [-0.25, -0.2) is 9.97 Å². The molecule has 0 spiro atoms. The minimum Gasteiger partial charge on any atom is -0.370 e. The van der Waals surface area contributed by atoms with Crippen LogP contribution in [0, 0.1) is 11.3 Å². The van der Waals surface area contributed by atoms with Crippen molar-refractivity contribution in [3.8, 4) is 6.07 Å². The Bertz CT molecular complexity index is 407. The SMILES string of the molecule is CCNc1nc(C#N)nc2c1CNCC2. The molecule has 5 nitrogen and oxygen atoms in total. The van der Waals surface area contributed by atoms with Gasteiger partial charge in [0, 0.05) is 31.6 Å². The Balaban J connectivity index is 2.46. The van der Waals surface area contributed by atoms with E-state index in [1.165, 1.54) is 0 Å². The second kappa shape index (κ2) is 4.24. The van der Waals surface area contributed by atoms with E-state index in [9.17, 15) is 0 Å².